The van der Waals surface area contributed by atoms with Crippen LogP contribution in [-0.4, -0.2) is 24.0 Å². The summed E-state index contributed by atoms with van der Waals surface area (Å²) < 4.78 is 31.9. The first-order chi connectivity index (χ1) is 12.5. The van der Waals surface area contributed by atoms with Gasteiger partial charge in [0.2, 0.25) is 5.91 Å². The number of amides is 1. The molecule has 2 aromatic rings. The summed E-state index contributed by atoms with van der Waals surface area (Å²) in [6.45, 7) is 3.80. The normalized spacial score (nSPS) is 16.1. The van der Waals surface area contributed by atoms with Gasteiger partial charge in [-0.05, 0) is 56.1 Å². The molecule has 1 aromatic carbocycles. The maximum Gasteiger partial charge on any atom is 0.228 e. The molecule has 1 atom stereocenters. The van der Waals surface area contributed by atoms with Gasteiger partial charge in [-0.1, -0.05) is 6.92 Å². The predicted octanol–water partition coefficient (Wildman–Crippen LogP) is 3.73. The zero-order chi connectivity index (χ0) is 18.5. The molecule has 26 heavy (non-hydrogen) atoms. The Morgan fingerprint density at radius 1 is 1.27 bits per heavy atom. The van der Waals surface area contributed by atoms with Crippen molar-refractivity contribution in [3.05, 3.63) is 48.2 Å². The van der Waals surface area contributed by atoms with Crippen molar-refractivity contribution in [3.63, 3.8) is 0 Å². The molecule has 2 N–H and O–H groups in total. The molecule has 0 bridgehead atoms. The van der Waals surface area contributed by atoms with Crippen molar-refractivity contribution in [2.24, 2.45) is 11.8 Å². The van der Waals surface area contributed by atoms with Gasteiger partial charge >= 0.3 is 0 Å². The van der Waals surface area contributed by atoms with Crippen LogP contribution < -0.4 is 15.4 Å². The minimum absolute atomic E-state index is 0.0670. The van der Waals surface area contributed by atoms with Gasteiger partial charge in [0, 0.05) is 12.0 Å². The number of rotatable bonds is 5. The summed E-state index contributed by atoms with van der Waals surface area (Å²) in [6.07, 6.45) is 3.35. The maximum atomic E-state index is 13.6. The first-order valence-electron chi connectivity index (χ1n) is 8.63. The number of benzene rings is 1. The Kier molecular flexibility index (Phi) is 5.78. The standard InChI is InChI=1S/C19H21F2N3O2/c1-12(13-6-8-22-9-7-13)19(25)24-18-5-3-15(11-23-18)26-17-4-2-14(20)10-16(17)21/h2-5,10-13,22H,6-9H2,1H3,(H,23,24,25). The molecule has 3 rings (SSSR count). The number of pyridine rings is 1. The molecule has 5 nitrogen and oxygen atoms in total. The predicted molar refractivity (Wildman–Crippen MR) is 94.1 cm³/mol. The van der Waals surface area contributed by atoms with E-state index in [1.807, 2.05) is 6.92 Å². The summed E-state index contributed by atoms with van der Waals surface area (Å²) in [5, 5.41) is 6.09. The SMILES string of the molecule is CC(C(=O)Nc1ccc(Oc2ccc(F)cc2F)cn1)C1CCNCC1. The number of hydrogen-bond donors (Lipinski definition) is 2. The molecule has 1 aliphatic rings. The van der Waals surface area contributed by atoms with Crippen LogP contribution in [0.25, 0.3) is 0 Å². The Balaban J connectivity index is 1.59. The van der Waals surface area contributed by atoms with Gasteiger partial charge in [-0.15, -0.1) is 0 Å². The van der Waals surface area contributed by atoms with Gasteiger partial charge in [0.15, 0.2) is 11.6 Å². The largest absolute Gasteiger partial charge is 0.453 e. The third kappa shape index (κ3) is 4.54. The number of aromatic nitrogens is 1. The van der Waals surface area contributed by atoms with Gasteiger partial charge in [-0.2, -0.15) is 0 Å². The van der Waals surface area contributed by atoms with Gasteiger partial charge in [0.05, 0.1) is 6.20 Å². The summed E-state index contributed by atoms with van der Waals surface area (Å²) in [5.41, 5.74) is 0. The lowest BCUT2D eigenvalue weighted by atomic mass is 9.85. The molecular formula is C19H21F2N3O2. The highest BCUT2D eigenvalue weighted by molar-refractivity contribution is 5.91. The van der Waals surface area contributed by atoms with E-state index in [1.165, 1.54) is 12.3 Å². The Hall–Kier alpha value is -2.54. The highest BCUT2D eigenvalue weighted by atomic mass is 19.1. The molecule has 138 valence electrons. The number of ether oxygens (including phenoxy) is 1. The van der Waals surface area contributed by atoms with Crippen molar-refractivity contribution in [2.75, 3.05) is 18.4 Å². The van der Waals surface area contributed by atoms with E-state index < -0.39 is 11.6 Å². The fraction of sp³-hybridized carbons (Fsp3) is 0.368. The molecule has 1 aromatic heterocycles. The van der Waals surface area contributed by atoms with E-state index in [2.05, 4.69) is 15.6 Å². The van der Waals surface area contributed by atoms with Crippen LogP contribution in [0.3, 0.4) is 0 Å². The van der Waals surface area contributed by atoms with Crippen molar-refractivity contribution in [1.82, 2.24) is 10.3 Å². The molecule has 1 unspecified atom stereocenters. The molecule has 0 saturated carbocycles. The molecule has 1 saturated heterocycles. The average molecular weight is 361 g/mol. The fourth-order valence-electron chi connectivity index (χ4n) is 3.00. The van der Waals surface area contributed by atoms with E-state index in [4.69, 9.17) is 4.74 Å². The third-order valence-corrected chi connectivity index (χ3v) is 4.61. The number of nitrogens with zero attached hydrogens (tertiary/aromatic N) is 1. The monoisotopic (exact) mass is 361 g/mol. The van der Waals surface area contributed by atoms with Gasteiger partial charge in [-0.3, -0.25) is 4.79 Å². The first kappa shape index (κ1) is 18.3. The molecule has 2 heterocycles. The van der Waals surface area contributed by atoms with Crippen LogP contribution in [0, 0.1) is 23.5 Å². The van der Waals surface area contributed by atoms with Crippen LogP contribution in [0.15, 0.2) is 36.5 Å². The Labute approximate surface area is 150 Å². The lowest BCUT2D eigenvalue weighted by molar-refractivity contribution is -0.121. The van der Waals surface area contributed by atoms with Crippen molar-refractivity contribution in [1.29, 1.82) is 0 Å². The lowest BCUT2D eigenvalue weighted by Gasteiger charge is -2.27. The van der Waals surface area contributed by atoms with Gasteiger partial charge < -0.3 is 15.4 Å². The van der Waals surface area contributed by atoms with Crippen LogP contribution in [0.2, 0.25) is 0 Å². The third-order valence-electron chi connectivity index (χ3n) is 4.61. The second-order valence-electron chi connectivity index (χ2n) is 6.42. The van der Waals surface area contributed by atoms with E-state index in [9.17, 15) is 13.6 Å². The highest BCUT2D eigenvalue weighted by Gasteiger charge is 2.25. The van der Waals surface area contributed by atoms with E-state index in [0.29, 0.717) is 17.5 Å². The van der Waals surface area contributed by atoms with Crippen LogP contribution in [0.1, 0.15) is 19.8 Å². The van der Waals surface area contributed by atoms with E-state index in [0.717, 1.165) is 38.1 Å². The fourth-order valence-corrected chi connectivity index (χ4v) is 3.00. The number of carbonyl (C=O) groups is 1. The van der Waals surface area contributed by atoms with E-state index in [-0.39, 0.29) is 17.6 Å². The second kappa shape index (κ2) is 8.23. The zero-order valence-electron chi connectivity index (χ0n) is 14.5. The molecule has 0 radical (unpaired) electrons. The van der Waals surface area contributed by atoms with Crippen LogP contribution >= 0.6 is 0 Å². The van der Waals surface area contributed by atoms with Crippen LogP contribution in [0.5, 0.6) is 11.5 Å². The summed E-state index contributed by atoms with van der Waals surface area (Å²) in [7, 11) is 0. The summed E-state index contributed by atoms with van der Waals surface area (Å²) in [5.74, 6) is -0.662. The summed E-state index contributed by atoms with van der Waals surface area (Å²) in [6, 6.07) is 6.23. The van der Waals surface area contributed by atoms with Crippen LogP contribution in [0.4, 0.5) is 14.6 Å². The van der Waals surface area contributed by atoms with Crippen LogP contribution in [-0.2, 0) is 4.79 Å². The summed E-state index contributed by atoms with van der Waals surface area (Å²) in [4.78, 5) is 16.5. The molecule has 0 spiro atoms. The number of anilines is 1. The Morgan fingerprint density at radius 3 is 2.69 bits per heavy atom. The van der Waals surface area contributed by atoms with Crippen molar-refractivity contribution in [3.8, 4) is 11.5 Å². The Bertz CT molecular complexity index is 762. The molecule has 1 aliphatic heterocycles. The number of hydrogen-bond acceptors (Lipinski definition) is 4. The highest BCUT2D eigenvalue weighted by Crippen LogP contribution is 2.26. The molecule has 0 aliphatic carbocycles. The summed E-state index contributed by atoms with van der Waals surface area (Å²) >= 11 is 0. The van der Waals surface area contributed by atoms with Gasteiger partial charge in [0.25, 0.3) is 0 Å². The molecular weight excluding hydrogens is 340 g/mol. The van der Waals surface area contributed by atoms with Crippen molar-refractivity contribution >= 4 is 11.7 Å². The zero-order valence-corrected chi connectivity index (χ0v) is 14.5. The van der Waals surface area contributed by atoms with E-state index in [1.54, 1.807) is 12.1 Å². The Morgan fingerprint density at radius 2 is 2.04 bits per heavy atom. The average Bonchev–Trinajstić information content (AvgIpc) is 2.65. The van der Waals surface area contributed by atoms with Crippen molar-refractivity contribution < 1.29 is 18.3 Å². The molecule has 1 fully saturated rings. The number of halogens is 2. The number of piperidine rings is 1. The smallest absolute Gasteiger partial charge is 0.228 e. The van der Waals surface area contributed by atoms with E-state index >= 15 is 0 Å². The topological polar surface area (TPSA) is 63.2 Å². The quantitative estimate of drug-likeness (QED) is 0.852. The molecule has 1 amide bonds. The first-order valence-corrected chi connectivity index (χ1v) is 8.63. The maximum absolute atomic E-state index is 13.6. The minimum Gasteiger partial charge on any atom is -0.453 e. The minimum atomic E-state index is -0.793. The van der Waals surface area contributed by atoms with Crippen molar-refractivity contribution in [2.45, 2.75) is 19.8 Å². The second-order valence-corrected chi connectivity index (χ2v) is 6.42. The molecule has 7 heteroatoms. The van der Waals surface area contributed by atoms with Gasteiger partial charge in [0.1, 0.15) is 17.4 Å². The van der Waals surface area contributed by atoms with Gasteiger partial charge in [-0.25, -0.2) is 13.8 Å². The lowest BCUT2D eigenvalue weighted by Crippen LogP contribution is -2.35. The number of nitrogens with one attached hydrogen (secondary N) is 2. The number of carbonyl (C=O) groups excluding carboxylic acids is 1.